The minimum Gasteiger partial charge on any atom is -0.481 e. The Morgan fingerprint density at radius 2 is 2.15 bits per heavy atom. The second-order valence-electron chi connectivity index (χ2n) is 2.45. The summed E-state index contributed by atoms with van der Waals surface area (Å²) in [7, 11) is 0. The highest BCUT2D eigenvalue weighted by Crippen LogP contribution is 2.07. The monoisotopic (exact) mass is 186 g/mol. The van der Waals surface area contributed by atoms with E-state index in [-0.39, 0.29) is 13.0 Å². The first-order valence-electron chi connectivity index (χ1n) is 4.14. The molecule has 0 spiro atoms. The minimum atomic E-state index is -1.14. The van der Waals surface area contributed by atoms with Crippen LogP contribution in [0.3, 0.4) is 0 Å². The summed E-state index contributed by atoms with van der Waals surface area (Å²) >= 11 is 0. The third-order valence-corrected chi connectivity index (χ3v) is 1.48. The molecule has 13 heavy (non-hydrogen) atoms. The van der Waals surface area contributed by atoms with Crippen LogP contribution in [0.4, 0.5) is 0 Å². The highest BCUT2D eigenvalue weighted by Gasteiger charge is 2.25. The van der Waals surface area contributed by atoms with Gasteiger partial charge in [0.25, 0.3) is 0 Å². The van der Waals surface area contributed by atoms with Crippen LogP contribution in [-0.2, 0) is 14.3 Å². The SMILES string of the molecule is C/C=C\C[C@@H](C(=O)O)C(=O)OCC. The molecule has 4 heteroatoms. The van der Waals surface area contributed by atoms with Gasteiger partial charge in [0.1, 0.15) is 0 Å². The molecule has 0 unspecified atom stereocenters. The van der Waals surface area contributed by atoms with Crippen molar-refractivity contribution in [3.8, 4) is 0 Å². The molecule has 0 bridgehead atoms. The largest absolute Gasteiger partial charge is 0.481 e. The van der Waals surface area contributed by atoms with E-state index in [1.54, 1.807) is 26.0 Å². The van der Waals surface area contributed by atoms with Gasteiger partial charge in [-0.15, -0.1) is 0 Å². The molecule has 0 heterocycles. The number of carboxylic acid groups (broad SMARTS) is 1. The first-order chi connectivity index (χ1) is 6.13. The van der Waals surface area contributed by atoms with E-state index in [0.717, 1.165) is 0 Å². The van der Waals surface area contributed by atoms with Crippen molar-refractivity contribution >= 4 is 11.9 Å². The number of hydrogen-bond acceptors (Lipinski definition) is 3. The quantitative estimate of drug-likeness (QED) is 0.398. The summed E-state index contributed by atoms with van der Waals surface area (Å²) in [4.78, 5) is 21.6. The molecule has 0 amide bonds. The van der Waals surface area contributed by atoms with Crippen molar-refractivity contribution in [1.29, 1.82) is 0 Å². The number of allylic oxidation sites excluding steroid dienone is 2. The van der Waals surface area contributed by atoms with Crippen LogP contribution in [0, 0.1) is 5.92 Å². The van der Waals surface area contributed by atoms with Crippen molar-refractivity contribution in [2.24, 2.45) is 5.92 Å². The molecule has 74 valence electrons. The molecule has 0 saturated carbocycles. The Bertz CT molecular complexity index is 208. The van der Waals surface area contributed by atoms with E-state index in [4.69, 9.17) is 5.11 Å². The van der Waals surface area contributed by atoms with Gasteiger partial charge in [-0.3, -0.25) is 9.59 Å². The summed E-state index contributed by atoms with van der Waals surface area (Å²) < 4.78 is 4.61. The van der Waals surface area contributed by atoms with Gasteiger partial charge in [0.2, 0.25) is 0 Å². The Morgan fingerprint density at radius 3 is 2.54 bits per heavy atom. The first-order valence-corrected chi connectivity index (χ1v) is 4.14. The molecule has 0 saturated heterocycles. The van der Waals surface area contributed by atoms with Crippen molar-refractivity contribution < 1.29 is 19.4 Å². The zero-order chi connectivity index (χ0) is 10.3. The predicted octanol–water partition coefficient (Wildman–Crippen LogP) is 1.22. The predicted molar refractivity (Wildman–Crippen MR) is 47.2 cm³/mol. The van der Waals surface area contributed by atoms with Crippen molar-refractivity contribution in [3.05, 3.63) is 12.2 Å². The van der Waals surface area contributed by atoms with Gasteiger partial charge in [0, 0.05) is 0 Å². The zero-order valence-electron chi connectivity index (χ0n) is 7.82. The average Bonchev–Trinajstić information content (AvgIpc) is 2.05. The lowest BCUT2D eigenvalue weighted by molar-refractivity contribution is -0.158. The van der Waals surface area contributed by atoms with Crippen molar-refractivity contribution in [1.82, 2.24) is 0 Å². The Morgan fingerprint density at radius 1 is 1.54 bits per heavy atom. The van der Waals surface area contributed by atoms with Gasteiger partial charge in [-0.2, -0.15) is 0 Å². The topological polar surface area (TPSA) is 63.6 Å². The Labute approximate surface area is 77.2 Å². The Kier molecular flexibility index (Phi) is 5.59. The van der Waals surface area contributed by atoms with Crippen LogP contribution in [0.1, 0.15) is 20.3 Å². The first kappa shape index (κ1) is 11.7. The van der Waals surface area contributed by atoms with Crippen molar-refractivity contribution in [2.75, 3.05) is 6.61 Å². The molecule has 0 aliphatic rings. The number of carbonyl (C=O) groups excluding carboxylic acids is 1. The molecule has 0 radical (unpaired) electrons. The van der Waals surface area contributed by atoms with E-state index in [9.17, 15) is 9.59 Å². The molecule has 0 aromatic heterocycles. The molecular weight excluding hydrogens is 172 g/mol. The molecule has 0 aliphatic carbocycles. The van der Waals surface area contributed by atoms with E-state index in [1.165, 1.54) is 0 Å². The fourth-order valence-corrected chi connectivity index (χ4v) is 0.813. The van der Waals surface area contributed by atoms with Crippen LogP contribution in [0.2, 0.25) is 0 Å². The molecule has 0 aliphatic heterocycles. The summed E-state index contributed by atoms with van der Waals surface area (Å²) in [6.45, 7) is 3.62. The number of carboxylic acids is 1. The molecule has 0 aromatic rings. The third kappa shape index (κ3) is 4.30. The summed E-state index contributed by atoms with van der Waals surface area (Å²) in [6, 6.07) is 0. The lowest BCUT2D eigenvalue weighted by Gasteiger charge is -2.08. The van der Waals surface area contributed by atoms with E-state index in [2.05, 4.69) is 4.74 Å². The van der Waals surface area contributed by atoms with Crippen LogP contribution < -0.4 is 0 Å². The van der Waals surface area contributed by atoms with Crippen LogP contribution in [0.25, 0.3) is 0 Å². The summed E-state index contributed by atoms with van der Waals surface area (Å²) in [5.41, 5.74) is 0. The highest BCUT2D eigenvalue weighted by molar-refractivity contribution is 5.94. The number of carbonyl (C=O) groups is 2. The van der Waals surface area contributed by atoms with Crippen LogP contribution in [-0.4, -0.2) is 23.7 Å². The average molecular weight is 186 g/mol. The van der Waals surface area contributed by atoms with Gasteiger partial charge in [0.15, 0.2) is 5.92 Å². The lowest BCUT2D eigenvalue weighted by Crippen LogP contribution is -2.25. The van der Waals surface area contributed by atoms with Gasteiger partial charge in [0.05, 0.1) is 6.61 Å². The smallest absolute Gasteiger partial charge is 0.320 e. The normalized spacial score (nSPS) is 12.8. The highest BCUT2D eigenvalue weighted by atomic mass is 16.5. The number of rotatable bonds is 5. The molecule has 4 nitrogen and oxygen atoms in total. The molecular formula is C9H14O4. The van der Waals surface area contributed by atoms with Gasteiger partial charge in [-0.1, -0.05) is 12.2 Å². The summed E-state index contributed by atoms with van der Waals surface area (Å²) in [6.07, 6.45) is 3.52. The van der Waals surface area contributed by atoms with E-state index in [1.807, 2.05) is 0 Å². The second-order valence-corrected chi connectivity index (χ2v) is 2.45. The van der Waals surface area contributed by atoms with E-state index >= 15 is 0 Å². The molecule has 1 N–H and O–H groups in total. The lowest BCUT2D eigenvalue weighted by atomic mass is 10.1. The standard InChI is InChI=1S/C9H14O4/c1-3-5-6-7(8(10)11)9(12)13-4-2/h3,5,7H,4,6H2,1-2H3,(H,10,11)/b5-3-/t7-/m0/s1. The molecule has 0 fully saturated rings. The minimum absolute atomic E-state index is 0.185. The Hall–Kier alpha value is -1.32. The maximum absolute atomic E-state index is 11.1. The molecule has 1 atom stereocenters. The van der Waals surface area contributed by atoms with Gasteiger partial charge in [-0.05, 0) is 20.3 Å². The van der Waals surface area contributed by atoms with E-state index in [0.29, 0.717) is 0 Å². The van der Waals surface area contributed by atoms with E-state index < -0.39 is 17.9 Å². The van der Waals surface area contributed by atoms with Gasteiger partial charge in [-0.25, -0.2) is 0 Å². The Balaban J connectivity index is 4.23. The number of hydrogen-bond donors (Lipinski definition) is 1. The third-order valence-electron chi connectivity index (χ3n) is 1.48. The van der Waals surface area contributed by atoms with Crippen molar-refractivity contribution in [3.63, 3.8) is 0 Å². The fourth-order valence-electron chi connectivity index (χ4n) is 0.813. The summed E-state index contributed by atoms with van der Waals surface area (Å²) in [5.74, 6) is -2.89. The second kappa shape index (κ2) is 6.22. The van der Waals surface area contributed by atoms with Gasteiger partial charge >= 0.3 is 11.9 Å². The van der Waals surface area contributed by atoms with Crippen LogP contribution in [0.5, 0.6) is 0 Å². The maximum atomic E-state index is 11.1. The van der Waals surface area contributed by atoms with Gasteiger partial charge < -0.3 is 9.84 Å². The number of aliphatic carboxylic acids is 1. The number of esters is 1. The van der Waals surface area contributed by atoms with Crippen LogP contribution >= 0.6 is 0 Å². The number of ether oxygens (including phenoxy) is 1. The summed E-state index contributed by atoms with van der Waals surface area (Å²) in [5, 5.41) is 8.66. The maximum Gasteiger partial charge on any atom is 0.320 e. The fraction of sp³-hybridized carbons (Fsp3) is 0.556. The van der Waals surface area contributed by atoms with Crippen LogP contribution in [0.15, 0.2) is 12.2 Å². The molecule has 0 aromatic carbocycles. The van der Waals surface area contributed by atoms with Crippen molar-refractivity contribution in [2.45, 2.75) is 20.3 Å². The molecule has 0 rings (SSSR count). The zero-order valence-corrected chi connectivity index (χ0v) is 7.82.